The number of alkyl carbamates (subject to hydrolysis) is 1. The second kappa shape index (κ2) is 13.0. The summed E-state index contributed by atoms with van der Waals surface area (Å²) < 4.78 is 5.27. The van der Waals surface area contributed by atoms with Crippen LogP contribution in [-0.4, -0.2) is 52.9 Å². The number of unbranched alkanes of at least 4 members (excludes halogenated alkanes) is 1. The SMILES string of the molecule is CCCCN(C(=O)C(CC(N)=O)NC(=O)OC(C)(C)C)C(C(=O)NC(C)C)c1cccc(C)c1. The molecule has 0 aliphatic rings. The molecule has 1 aromatic rings. The number of rotatable bonds is 11. The molecule has 0 aromatic heterocycles. The summed E-state index contributed by atoms with van der Waals surface area (Å²) in [5.74, 6) is -1.69. The zero-order chi connectivity index (χ0) is 26.1. The minimum Gasteiger partial charge on any atom is -0.444 e. The van der Waals surface area contributed by atoms with Gasteiger partial charge in [-0.15, -0.1) is 0 Å². The Morgan fingerprint density at radius 1 is 1.12 bits per heavy atom. The second-order valence-corrected chi connectivity index (χ2v) is 9.73. The lowest BCUT2D eigenvalue weighted by molar-refractivity contribution is -0.143. The molecule has 190 valence electrons. The number of nitrogens with two attached hydrogens (primary N) is 1. The van der Waals surface area contributed by atoms with Crippen LogP contribution < -0.4 is 16.4 Å². The number of carbonyl (C=O) groups is 4. The van der Waals surface area contributed by atoms with Crippen LogP contribution in [0.3, 0.4) is 0 Å². The number of hydrogen-bond acceptors (Lipinski definition) is 5. The molecule has 4 amide bonds. The van der Waals surface area contributed by atoms with Crippen LogP contribution in [0.1, 0.15) is 78.0 Å². The Labute approximate surface area is 202 Å². The third-order valence-electron chi connectivity index (χ3n) is 4.78. The molecule has 9 nitrogen and oxygen atoms in total. The largest absolute Gasteiger partial charge is 0.444 e. The Bertz CT molecular complexity index is 863. The zero-order valence-corrected chi connectivity index (χ0v) is 21.4. The molecule has 0 bridgehead atoms. The molecule has 0 heterocycles. The van der Waals surface area contributed by atoms with Crippen molar-refractivity contribution in [1.82, 2.24) is 15.5 Å². The predicted octanol–water partition coefficient (Wildman–Crippen LogP) is 2.96. The first kappa shape index (κ1) is 28.9. The van der Waals surface area contributed by atoms with E-state index in [-0.39, 0.29) is 18.5 Å². The molecule has 4 N–H and O–H groups in total. The van der Waals surface area contributed by atoms with Gasteiger partial charge in [-0.3, -0.25) is 14.4 Å². The minimum absolute atomic E-state index is 0.149. The highest BCUT2D eigenvalue weighted by molar-refractivity contribution is 5.94. The summed E-state index contributed by atoms with van der Waals surface area (Å²) in [6.07, 6.45) is 0.128. The van der Waals surface area contributed by atoms with Crippen LogP contribution in [0.25, 0.3) is 0 Å². The van der Waals surface area contributed by atoms with Gasteiger partial charge < -0.3 is 26.0 Å². The Hall–Kier alpha value is -3.10. The lowest BCUT2D eigenvalue weighted by atomic mass is 9.99. The van der Waals surface area contributed by atoms with E-state index in [4.69, 9.17) is 10.5 Å². The highest BCUT2D eigenvalue weighted by Crippen LogP contribution is 2.25. The van der Waals surface area contributed by atoms with Crippen LogP contribution in [0, 0.1) is 6.92 Å². The van der Waals surface area contributed by atoms with E-state index < -0.39 is 42.0 Å². The lowest BCUT2D eigenvalue weighted by Crippen LogP contribution is -2.54. The summed E-state index contributed by atoms with van der Waals surface area (Å²) in [6.45, 7) is 12.9. The summed E-state index contributed by atoms with van der Waals surface area (Å²) in [7, 11) is 0. The summed E-state index contributed by atoms with van der Waals surface area (Å²) in [6, 6.07) is 4.99. The monoisotopic (exact) mass is 476 g/mol. The number of amides is 4. The first-order chi connectivity index (χ1) is 15.7. The molecule has 9 heteroatoms. The number of ether oxygens (including phenoxy) is 1. The molecular weight excluding hydrogens is 436 g/mol. The van der Waals surface area contributed by atoms with Crippen molar-refractivity contribution in [3.8, 4) is 0 Å². The summed E-state index contributed by atoms with van der Waals surface area (Å²) in [5, 5.41) is 5.36. The standard InChI is InChI=1S/C25H40N4O5/c1-8-9-13-29(21(22(31)27-16(2)3)18-12-10-11-17(4)14-18)23(32)19(15-20(26)30)28-24(33)34-25(5,6)7/h10-12,14,16,19,21H,8-9,13,15H2,1-7H3,(H2,26,30)(H,27,31)(H,28,33). The van der Waals surface area contributed by atoms with E-state index in [1.54, 1.807) is 26.8 Å². The van der Waals surface area contributed by atoms with Crippen LogP contribution in [0.15, 0.2) is 24.3 Å². The van der Waals surface area contributed by atoms with Gasteiger partial charge in [-0.2, -0.15) is 0 Å². The van der Waals surface area contributed by atoms with Crippen molar-refractivity contribution in [2.75, 3.05) is 6.54 Å². The van der Waals surface area contributed by atoms with E-state index in [0.29, 0.717) is 12.0 Å². The van der Waals surface area contributed by atoms with Gasteiger partial charge in [-0.05, 0) is 53.5 Å². The van der Waals surface area contributed by atoms with Crippen LogP contribution >= 0.6 is 0 Å². The van der Waals surface area contributed by atoms with E-state index in [1.807, 2.05) is 45.9 Å². The number of nitrogens with zero attached hydrogens (tertiary/aromatic N) is 1. The van der Waals surface area contributed by atoms with Crippen molar-refractivity contribution in [3.63, 3.8) is 0 Å². The maximum absolute atomic E-state index is 13.7. The van der Waals surface area contributed by atoms with Crippen LogP contribution in [-0.2, 0) is 19.1 Å². The van der Waals surface area contributed by atoms with E-state index in [0.717, 1.165) is 12.0 Å². The molecule has 0 saturated carbocycles. The van der Waals surface area contributed by atoms with Crippen molar-refractivity contribution in [3.05, 3.63) is 35.4 Å². The summed E-state index contributed by atoms with van der Waals surface area (Å²) in [5.41, 5.74) is 6.16. The van der Waals surface area contributed by atoms with Gasteiger partial charge in [-0.25, -0.2) is 4.79 Å². The fourth-order valence-corrected chi connectivity index (χ4v) is 3.42. The van der Waals surface area contributed by atoms with Crippen molar-refractivity contribution in [1.29, 1.82) is 0 Å². The van der Waals surface area contributed by atoms with Crippen LogP contribution in [0.2, 0.25) is 0 Å². The Morgan fingerprint density at radius 3 is 2.26 bits per heavy atom. The highest BCUT2D eigenvalue weighted by Gasteiger charge is 2.36. The minimum atomic E-state index is -1.27. The molecule has 0 fully saturated rings. The maximum Gasteiger partial charge on any atom is 0.408 e. The molecule has 0 radical (unpaired) electrons. The van der Waals surface area contributed by atoms with Gasteiger partial charge in [0.15, 0.2) is 0 Å². The van der Waals surface area contributed by atoms with Crippen molar-refractivity contribution in [2.45, 2.75) is 91.5 Å². The van der Waals surface area contributed by atoms with Gasteiger partial charge in [0.05, 0.1) is 6.42 Å². The molecule has 0 saturated heterocycles. The van der Waals surface area contributed by atoms with Crippen molar-refractivity contribution in [2.24, 2.45) is 5.73 Å². The van der Waals surface area contributed by atoms with Gasteiger partial charge >= 0.3 is 6.09 Å². The molecule has 34 heavy (non-hydrogen) atoms. The number of benzene rings is 1. The number of hydrogen-bond donors (Lipinski definition) is 3. The van der Waals surface area contributed by atoms with E-state index in [1.165, 1.54) is 4.90 Å². The van der Waals surface area contributed by atoms with Gasteiger partial charge in [0.1, 0.15) is 17.7 Å². The molecule has 1 aromatic carbocycles. The molecular formula is C25H40N4O5. The third kappa shape index (κ3) is 9.80. The molecule has 1 rings (SSSR count). The third-order valence-corrected chi connectivity index (χ3v) is 4.78. The second-order valence-electron chi connectivity index (χ2n) is 9.73. The fraction of sp³-hybridized carbons (Fsp3) is 0.600. The zero-order valence-electron chi connectivity index (χ0n) is 21.4. The summed E-state index contributed by atoms with van der Waals surface area (Å²) >= 11 is 0. The smallest absolute Gasteiger partial charge is 0.408 e. The van der Waals surface area contributed by atoms with E-state index >= 15 is 0 Å². The fourth-order valence-electron chi connectivity index (χ4n) is 3.42. The average Bonchev–Trinajstić information content (AvgIpc) is 2.67. The molecule has 2 atom stereocenters. The van der Waals surface area contributed by atoms with Gasteiger partial charge in [0, 0.05) is 12.6 Å². The van der Waals surface area contributed by atoms with E-state index in [2.05, 4.69) is 10.6 Å². The number of nitrogens with one attached hydrogen (secondary N) is 2. The first-order valence-corrected chi connectivity index (χ1v) is 11.7. The van der Waals surface area contributed by atoms with Crippen molar-refractivity contribution < 1.29 is 23.9 Å². The van der Waals surface area contributed by atoms with E-state index in [9.17, 15) is 19.2 Å². The normalized spacial score (nSPS) is 13.1. The topological polar surface area (TPSA) is 131 Å². The lowest BCUT2D eigenvalue weighted by Gasteiger charge is -2.34. The molecule has 2 unspecified atom stereocenters. The average molecular weight is 477 g/mol. The number of aryl methyl sites for hydroxylation is 1. The highest BCUT2D eigenvalue weighted by atomic mass is 16.6. The van der Waals surface area contributed by atoms with Gasteiger partial charge in [-0.1, -0.05) is 43.2 Å². The number of carbonyl (C=O) groups excluding carboxylic acids is 4. The van der Waals surface area contributed by atoms with Gasteiger partial charge in [0.2, 0.25) is 17.7 Å². The van der Waals surface area contributed by atoms with Gasteiger partial charge in [0.25, 0.3) is 0 Å². The molecule has 0 spiro atoms. The van der Waals surface area contributed by atoms with Crippen molar-refractivity contribution >= 4 is 23.8 Å². The Balaban J connectivity index is 3.46. The number of primary amides is 1. The van der Waals surface area contributed by atoms with Crippen LogP contribution in [0.4, 0.5) is 4.79 Å². The Morgan fingerprint density at radius 2 is 1.76 bits per heavy atom. The quantitative estimate of drug-likeness (QED) is 0.452. The Kier molecular flexibility index (Phi) is 11.0. The maximum atomic E-state index is 13.7. The molecule has 0 aliphatic heterocycles. The summed E-state index contributed by atoms with van der Waals surface area (Å²) in [4.78, 5) is 52.7. The molecule has 0 aliphatic carbocycles. The predicted molar refractivity (Wildman–Crippen MR) is 131 cm³/mol. The van der Waals surface area contributed by atoms with Crippen LogP contribution in [0.5, 0.6) is 0 Å². The first-order valence-electron chi connectivity index (χ1n) is 11.7.